The smallest absolute Gasteiger partial charge is 0.319 e. The van der Waals surface area contributed by atoms with Crippen LogP contribution in [0.1, 0.15) is 50.2 Å². The SMILES string of the molecule is CCc1c(C)cc(N)nc1-c1c(Cl)cc2c(N3CC4CCC(C3)N4)nc(OC[C@@]34CCCN3C[C@H](F)C4)nc2c1F. The van der Waals surface area contributed by atoms with Crippen molar-refractivity contribution in [2.24, 2.45) is 0 Å². The van der Waals surface area contributed by atoms with Crippen LogP contribution in [0.25, 0.3) is 22.2 Å². The van der Waals surface area contributed by atoms with Crippen molar-refractivity contribution in [1.82, 2.24) is 25.2 Å². The highest BCUT2D eigenvalue weighted by Gasteiger charge is 2.49. The number of fused-ring (bicyclic) bond motifs is 4. The first-order valence-electron chi connectivity index (χ1n) is 14.7. The quantitative estimate of drug-likeness (QED) is 0.426. The van der Waals surface area contributed by atoms with Crippen molar-refractivity contribution in [2.75, 3.05) is 43.4 Å². The molecule has 1 aromatic carbocycles. The number of benzene rings is 1. The van der Waals surface area contributed by atoms with Crippen LogP contribution in [-0.2, 0) is 6.42 Å². The van der Waals surface area contributed by atoms with Gasteiger partial charge in [0.1, 0.15) is 29.9 Å². The summed E-state index contributed by atoms with van der Waals surface area (Å²) >= 11 is 6.84. The Morgan fingerprint density at radius 3 is 2.71 bits per heavy atom. The van der Waals surface area contributed by atoms with Gasteiger partial charge in [-0.1, -0.05) is 18.5 Å². The Morgan fingerprint density at radius 1 is 1.17 bits per heavy atom. The Morgan fingerprint density at radius 2 is 1.95 bits per heavy atom. The summed E-state index contributed by atoms with van der Waals surface area (Å²) in [6.45, 7) is 7.00. The van der Waals surface area contributed by atoms with Gasteiger partial charge in [0.25, 0.3) is 0 Å². The molecule has 0 saturated carbocycles. The van der Waals surface area contributed by atoms with Gasteiger partial charge in [0.15, 0.2) is 5.82 Å². The Kier molecular flexibility index (Phi) is 6.71. The molecule has 4 fully saturated rings. The van der Waals surface area contributed by atoms with Crippen molar-refractivity contribution in [2.45, 2.75) is 76.2 Å². The molecular weight excluding hydrogens is 548 g/mol. The molecule has 4 saturated heterocycles. The predicted octanol–water partition coefficient (Wildman–Crippen LogP) is 4.83. The van der Waals surface area contributed by atoms with Crippen LogP contribution in [0, 0.1) is 12.7 Å². The predicted molar refractivity (Wildman–Crippen MR) is 157 cm³/mol. The lowest BCUT2D eigenvalue weighted by Crippen LogP contribution is -2.51. The molecule has 8 nitrogen and oxygen atoms in total. The molecule has 3 aromatic rings. The monoisotopic (exact) mass is 583 g/mol. The summed E-state index contributed by atoms with van der Waals surface area (Å²) in [4.78, 5) is 18.4. The fourth-order valence-corrected chi connectivity index (χ4v) is 7.96. The normalized spacial score (nSPS) is 27.6. The molecule has 2 aromatic heterocycles. The molecule has 3 N–H and O–H groups in total. The summed E-state index contributed by atoms with van der Waals surface area (Å²) in [5.74, 6) is 0.340. The van der Waals surface area contributed by atoms with Gasteiger partial charge < -0.3 is 20.7 Å². The number of aromatic nitrogens is 3. The maximum absolute atomic E-state index is 16.7. The number of aryl methyl sites for hydroxylation is 1. The first-order chi connectivity index (χ1) is 19.7. The first-order valence-corrected chi connectivity index (χ1v) is 15.1. The average molecular weight is 584 g/mol. The van der Waals surface area contributed by atoms with E-state index in [-0.39, 0.29) is 34.3 Å². The van der Waals surface area contributed by atoms with Crippen molar-refractivity contribution < 1.29 is 13.5 Å². The third kappa shape index (κ3) is 4.58. The minimum atomic E-state index is -0.868. The molecule has 0 aliphatic carbocycles. The van der Waals surface area contributed by atoms with Crippen LogP contribution in [0.5, 0.6) is 6.01 Å². The molecule has 2 unspecified atom stereocenters. The third-order valence-electron chi connectivity index (χ3n) is 9.55. The lowest BCUT2D eigenvalue weighted by atomic mass is 9.95. The van der Waals surface area contributed by atoms with Gasteiger partial charge in [-0.2, -0.15) is 9.97 Å². The molecule has 4 aliphatic heterocycles. The van der Waals surface area contributed by atoms with Gasteiger partial charge in [-0.3, -0.25) is 4.90 Å². The number of pyridine rings is 1. The van der Waals surface area contributed by atoms with E-state index in [1.165, 1.54) is 0 Å². The first kappa shape index (κ1) is 27.0. The number of hydrogen-bond acceptors (Lipinski definition) is 8. The number of anilines is 2. The molecule has 4 aliphatic rings. The molecule has 41 heavy (non-hydrogen) atoms. The number of piperazine rings is 1. The highest BCUT2D eigenvalue weighted by molar-refractivity contribution is 6.34. The number of hydrogen-bond donors (Lipinski definition) is 2. The van der Waals surface area contributed by atoms with Crippen LogP contribution in [0.4, 0.5) is 20.4 Å². The number of ether oxygens (including phenoxy) is 1. The summed E-state index contributed by atoms with van der Waals surface area (Å²) in [6.07, 6.45) is 4.26. The highest BCUT2D eigenvalue weighted by Crippen LogP contribution is 2.43. The summed E-state index contributed by atoms with van der Waals surface area (Å²) in [5.41, 5.74) is 8.28. The van der Waals surface area contributed by atoms with E-state index in [1.54, 1.807) is 12.1 Å². The maximum Gasteiger partial charge on any atom is 0.319 e. The zero-order chi connectivity index (χ0) is 28.5. The van der Waals surface area contributed by atoms with Crippen molar-refractivity contribution in [3.63, 3.8) is 0 Å². The van der Waals surface area contributed by atoms with E-state index in [9.17, 15) is 4.39 Å². The van der Waals surface area contributed by atoms with E-state index < -0.39 is 12.0 Å². The minimum absolute atomic E-state index is 0.0986. The standard InChI is InChI=1S/C30H36ClF2N7O/c1-3-20-16(2)9-23(34)36-26(20)24-22(31)10-21-27(25(24)33)37-29(38-28(21)39-13-18-5-6-19(14-39)35-18)41-15-30-7-4-8-40(30)12-17(32)11-30/h9-10,17-19,35H,3-8,11-15H2,1-2H3,(H2,34,36)/t17-,18?,19?,30+/m1/s1. The number of nitrogen functional groups attached to an aromatic ring is 1. The van der Waals surface area contributed by atoms with E-state index in [4.69, 9.17) is 27.1 Å². The number of rotatable bonds is 6. The van der Waals surface area contributed by atoms with Crippen molar-refractivity contribution in [1.29, 1.82) is 0 Å². The highest BCUT2D eigenvalue weighted by atomic mass is 35.5. The fraction of sp³-hybridized carbons (Fsp3) is 0.567. The molecule has 6 heterocycles. The molecule has 218 valence electrons. The van der Waals surface area contributed by atoms with E-state index in [0.717, 1.165) is 56.4 Å². The van der Waals surface area contributed by atoms with E-state index in [1.807, 2.05) is 13.8 Å². The zero-order valence-electron chi connectivity index (χ0n) is 23.5. The van der Waals surface area contributed by atoms with Crippen LogP contribution in [-0.4, -0.2) is 76.4 Å². The number of nitrogens with two attached hydrogens (primary N) is 1. The molecule has 11 heteroatoms. The maximum atomic E-state index is 16.7. The molecule has 0 radical (unpaired) electrons. The zero-order valence-corrected chi connectivity index (χ0v) is 24.3. The van der Waals surface area contributed by atoms with Crippen LogP contribution < -0.4 is 20.7 Å². The van der Waals surface area contributed by atoms with Gasteiger partial charge in [-0.15, -0.1) is 0 Å². The molecule has 0 spiro atoms. The summed E-state index contributed by atoms with van der Waals surface area (Å²) in [6, 6.07) is 4.33. The largest absolute Gasteiger partial charge is 0.461 e. The second-order valence-corrected chi connectivity index (χ2v) is 12.6. The van der Waals surface area contributed by atoms with Gasteiger partial charge in [-0.25, -0.2) is 13.8 Å². The van der Waals surface area contributed by atoms with E-state index in [2.05, 4.69) is 25.1 Å². The summed E-state index contributed by atoms with van der Waals surface area (Å²) < 4.78 is 37.4. The Labute approximate surface area is 243 Å². The van der Waals surface area contributed by atoms with Gasteiger partial charge in [0.05, 0.1) is 21.8 Å². The van der Waals surface area contributed by atoms with Gasteiger partial charge in [0.2, 0.25) is 0 Å². The second kappa shape index (κ2) is 10.2. The van der Waals surface area contributed by atoms with Crippen LogP contribution in [0.15, 0.2) is 12.1 Å². The molecule has 7 rings (SSSR count). The average Bonchev–Trinajstić information content (AvgIpc) is 3.57. The van der Waals surface area contributed by atoms with Gasteiger partial charge >= 0.3 is 6.01 Å². The van der Waals surface area contributed by atoms with Crippen molar-refractivity contribution >= 4 is 34.1 Å². The van der Waals surface area contributed by atoms with E-state index >= 15 is 4.39 Å². The number of halogens is 3. The number of alkyl halides is 1. The lowest BCUT2D eigenvalue weighted by Gasteiger charge is -2.34. The molecular formula is C30H36ClF2N7O. The molecule has 0 amide bonds. The summed E-state index contributed by atoms with van der Waals surface area (Å²) in [5, 5.41) is 4.41. The fourth-order valence-electron chi connectivity index (χ4n) is 7.68. The second-order valence-electron chi connectivity index (χ2n) is 12.2. The Balaban J connectivity index is 1.36. The Hall–Kier alpha value is -2.82. The van der Waals surface area contributed by atoms with Crippen molar-refractivity contribution in [3.05, 3.63) is 34.1 Å². The van der Waals surface area contributed by atoms with Crippen LogP contribution in [0.3, 0.4) is 0 Å². The minimum Gasteiger partial charge on any atom is -0.461 e. The number of nitrogens with zero attached hydrogens (tertiary/aromatic N) is 5. The van der Waals surface area contributed by atoms with E-state index in [0.29, 0.717) is 54.2 Å². The lowest BCUT2D eigenvalue weighted by molar-refractivity contribution is 0.107. The Bertz CT molecular complexity index is 1510. The third-order valence-corrected chi connectivity index (χ3v) is 9.84. The van der Waals surface area contributed by atoms with Gasteiger partial charge in [-0.05, 0) is 68.8 Å². The van der Waals surface area contributed by atoms with Crippen LogP contribution in [0.2, 0.25) is 5.02 Å². The van der Waals surface area contributed by atoms with Crippen LogP contribution >= 0.6 is 11.6 Å². The van der Waals surface area contributed by atoms with Gasteiger partial charge in [0, 0.05) is 43.5 Å². The number of nitrogens with one attached hydrogen (secondary N) is 1. The molecule has 4 atom stereocenters. The topological polar surface area (TPSA) is 92.4 Å². The summed E-state index contributed by atoms with van der Waals surface area (Å²) in [7, 11) is 0. The molecule has 2 bridgehead atoms. The van der Waals surface area contributed by atoms with Crippen molar-refractivity contribution in [3.8, 4) is 17.3 Å².